The van der Waals surface area contributed by atoms with Crippen LogP contribution in [0.5, 0.6) is 0 Å². The van der Waals surface area contributed by atoms with Gasteiger partial charge in [0.15, 0.2) is 0 Å². The summed E-state index contributed by atoms with van der Waals surface area (Å²) in [7, 11) is 0. The number of anilines is 1. The molecule has 0 aliphatic carbocycles. The maximum atomic E-state index is 15.2. The first-order valence-corrected chi connectivity index (χ1v) is 20.7. The summed E-state index contributed by atoms with van der Waals surface area (Å²) in [6.45, 7) is 2.77. The van der Waals surface area contributed by atoms with E-state index >= 15 is 9.59 Å². The minimum absolute atomic E-state index is 0.0367. The van der Waals surface area contributed by atoms with E-state index in [1.807, 2.05) is 127 Å². The Morgan fingerprint density at radius 2 is 0.983 bits per heavy atom. The number of rotatable bonds is 7. The molecule has 8 aromatic rings. The van der Waals surface area contributed by atoms with E-state index in [1.165, 1.54) is 13.8 Å². The molecule has 59 heavy (non-hydrogen) atoms. The predicted molar refractivity (Wildman–Crippen MR) is 243 cm³/mol. The Hall–Kier alpha value is -6.06. The zero-order chi connectivity index (χ0) is 40.9. The van der Waals surface area contributed by atoms with Crippen molar-refractivity contribution in [1.29, 1.82) is 0 Å². The lowest BCUT2D eigenvalue weighted by Gasteiger charge is -2.22. The molecule has 9 rings (SSSR count). The van der Waals surface area contributed by atoms with E-state index in [0.717, 1.165) is 44.4 Å². The molecule has 11 heteroatoms. The van der Waals surface area contributed by atoms with Gasteiger partial charge in [-0.05, 0) is 113 Å². The van der Waals surface area contributed by atoms with Gasteiger partial charge in [-0.3, -0.25) is 19.2 Å². The van der Waals surface area contributed by atoms with Crippen LogP contribution in [0.2, 0.25) is 0 Å². The molecule has 1 aromatic heterocycles. The highest BCUT2D eigenvalue weighted by Gasteiger charge is 2.44. The molecule has 0 fully saturated rings. The van der Waals surface area contributed by atoms with Gasteiger partial charge in [0.05, 0.1) is 12.8 Å². The maximum absolute atomic E-state index is 15.2. The van der Waals surface area contributed by atoms with E-state index in [9.17, 15) is 9.59 Å². The van der Waals surface area contributed by atoms with Crippen molar-refractivity contribution in [3.63, 3.8) is 0 Å². The molecule has 290 valence electrons. The molecule has 0 saturated heterocycles. The molecule has 0 bridgehead atoms. The van der Waals surface area contributed by atoms with Crippen molar-refractivity contribution >= 4 is 118 Å². The number of fused-ring (bicyclic) bond motifs is 8. The standard InChI is InChI=1S/C48H31I2NO8/c1-26(52)56-24-28-10-7-14-30(20-28)36-18-9-19-37(31-15-8-11-29(21-31)25-57-27(2)53)42(36)51-47(54)45-46(48(51)55)59-44-39(50)23-33-13-4-6-17-35(33)41(44)40-34-16-5-3-12-32(34)22-38(49)43(40)58-45/h3-23H,24-25H2,1-2H3. The lowest BCUT2D eigenvalue weighted by Crippen LogP contribution is -2.30. The summed E-state index contributed by atoms with van der Waals surface area (Å²) in [5.41, 5.74) is 5.02. The van der Waals surface area contributed by atoms with Gasteiger partial charge in [0.25, 0.3) is 0 Å². The first-order valence-electron chi connectivity index (χ1n) is 18.6. The second-order valence-corrected chi connectivity index (χ2v) is 16.4. The van der Waals surface area contributed by atoms with Gasteiger partial charge >= 0.3 is 23.8 Å². The summed E-state index contributed by atoms with van der Waals surface area (Å²) in [6, 6.07) is 40.3. The van der Waals surface area contributed by atoms with Crippen molar-refractivity contribution in [3.8, 4) is 22.3 Å². The molecular weight excluding hydrogens is 972 g/mol. The van der Waals surface area contributed by atoms with Crippen LogP contribution in [0.25, 0.3) is 65.7 Å². The average Bonchev–Trinajstić information content (AvgIpc) is 3.44. The van der Waals surface area contributed by atoms with Gasteiger partial charge in [-0.25, -0.2) is 4.90 Å². The zero-order valence-corrected chi connectivity index (χ0v) is 35.8. The number of halogens is 2. The number of benzene rings is 7. The molecule has 9 nitrogen and oxygen atoms in total. The van der Waals surface area contributed by atoms with Crippen LogP contribution in [-0.4, -0.2) is 23.8 Å². The fourth-order valence-electron chi connectivity index (χ4n) is 7.64. The third-order valence-electron chi connectivity index (χ3n) is 10.2. The molecule has 0 radical (unpaired) electrons. The molecular formula is C48H31I2NO8. The second kappa shape index (κ2) is 15.6. The minimum Gasteiger partial charge on any atom is -0.461 e. The molecule has 0 unspecified atom stereocenters. The van der Waals surface area contributed by atoms with Crippen LogP contribution < -0.4 is 4.90 Å². The topological polar surface area (TPSA) is 116 Å². The highest BCUT2D eigenvalue weighted by Crippen LogP contribution is 2.46. The van der Waals surface area contributed by atoms with Crippen molar-refractivity contribution in [1.82, 2.24) is 0 Å². The largest absolute Gasteiger partial charge is 0.461 e. The summed E-state index contributed by atoms with van der Waals surface area (Å²) in [5, 5.41) is 5.24. The molecule has 0 atom stereocenters. The fraction of sp³-hybridized carbons (Fsp3) is 0.0833. The first kappa shape index (κ1) is 38.5. The average molecular weight is 1000 g/mol. The second-order valence-electron chi connectivity index (χ2n) is 14.0. The highest BCUT2D eigenvalue weighted by atomic mass is 127. The Labute approximate surface area is 364 Å². The number of carbonyl (C=O) groups is 4. The predicted octanol–water partition coefficient (Wildman–Crippen LogP) is 12.1. The first-order chi connectivity index (χ1) is 28.6. The number of esters is 2. The van der Waals surface area contributed by atoms with Gasteiger partial charge < -0.3 is 18.3 Å². The van der Waals surface area contributed by atoms with Crippen LogP contribution in [0.4, 0.5) is 5.69 Å². The quantitative estimate of drug-likeness (QED) is 0.0880. The number of hydrogen-bond donors (Lipinski definition) is 0. The Morgan fingerprint density at radius 1 is 0.559 bits per heavy atom. The van der Waals surface area contributed by atoms with Gasteiger partial charge in [0.2, 0.25) is 11.5 Å². The number of carbonyl (C=O) groups excluding carboxylic acids is 4. The lowest BCUT2D eigenvalue weighted by molar-refractivity contribution is -0.143. The highest BCUT2D eigenvalue weighted by molar-refractivity contribution is 14.1. The number of para-hydroxylation sites is 1. The maximum Gasteiger partial charge on any atom is 0.305 e. The molecule has 0 N–H and O–H groups in total. The molecule has 2 amide bonds. The van der Waals surface area contributed by atoms with Gasteiger partial charge in [0.1, 0.15) is 24.4 Å². The third kappa shape index (κ3) is 7.01. The van der Waals surface area contributed by atoms with Crippen LogP contribution in [0.1, 0.15) is 46.1 Å². The van der Waals surface area contributed by atoms with Crippen molar-refractivity contribution in [3.05, 3.63) is 157 Å². The Bertz CT molecular complexity index is 2960. The number of nitrogens with zero attached hydrogens (tertiary/aromatic N) is 1. The number of amides is 2. The Morgan fingerprint density at radius 3 is 1.42 bits per heavy atom. The third-order valence-corrected chi connectivity index (χ3v) is 11.8. The van der Waals surface area contributed by atoms with E-state index < -0.39 is 23.8 Å². The minimum atomic E-state index is -0.708. The van der Waals surface area contributed by atoms with Crippen molar-refractivity contribution in [2.24, 2.45) is 0 Å². The number of hydrogen-bond acceptors (Lipinski definition) is 8. The zero-order valence-electron chi connectivity index (χ0n) is 31.5. The molecule has 2 heterocycles. The van der Waals surface area contributed by atoms with Crippen LogP contribution in [-0.2, 0) is 32.3 Å². The van der Waals surface area contributed by atoms with Gasteiger partial charge in [-0.1, -0.05) is 103 Å². The van der Waals surface area contributed by atoms with E-state index in [0.29, 0.717) is 44.5 Å². The monoisotopic (exact) mass is 1000 g/mol. The van der Waals surface area contributed by atoms with E-state index in [-0.39, 0.29) is 30.4 Å². The number of imide groups is 1. The van der Waals surface area contributed by atoms with Crippen molar-refractivity contribution in [2.75, 3.05) is 4.90 Å². The molecule has 7 aromatic carbocycles. The van der Waals surface area contributed by atoms with Gasteiger partial charge in [0, 0.05) is 35.7 Å². The molecule has 1 aliphatic rings. The van der Waals surface area contributed by atoms with Gasteiger partial charge in [-0.2, -0.15) is 0 Å². The Kier molecular flexibility index (Phi) is 10.2. The summed E-state index contributed by atoms with van der Waals surface area (Å²) in [6.07, 6.45) is 0. The van der Waals surface area contributed by atoms with E-state index in [2.05, 4.69) is 45.2 Å². The number of ether oxygens (including phenoxy) is 2. The SMILES string of the molecule is CC(=O)OCc1cccc(-c2cccc(-c3cccc(COC(C)=O)c3)c2N2C(=O)c3oc4c(I)cc5ccccc5c4c4c(oc3C2=O)c(I)cc2ccccc24)c1. The summed E-state index contributed by atoms with van der Waals surface area (Å²) < 4.78 is 25.6. The smallest absolute Gasteiger partial charge is 0.305 e. The van der Waals surface area contributed by atoms with Crippen LogP contribution in [0, 0.1) is 7.14 Å². The van der Waals surface area contributed by atoms with Crippen molar-refractivity contribution in [2.45, 2.75) is 27.1 Å². The van der Waals surface area contributed by atoms with Crippen LogP contribution in [0.3, 0.4) is 0 Å². The van der Waals surface area contributed by atoms with Gasteiger partial charge in [-0.15, -0.1) is 0 Å². The normalized spacial score (nSPS) is 12.4. The van der Waals surface area contributed by atoms with Crippen LogP contribution >= 0.6 is 45.2 Å². The summed E-state index contributed by atoms with van der Waals surface area (Å²) in [5.74, 6) is -2.74. The summed E-state index contributed by atoms with van der Waals surface area (Å²) >= 11 is 4.45. The lowest BCUT2D eigenvalue weighted by atomic mass is 9.93. The molecule has 0 spiro atoms. The fourth-order valence-corrected chi connectivity index (χ4v) is 9.07. The van der Waals surface area contributed by atoms with E-state index in [4.69, 9.17) is 18.3 Å². The Balaban J connectivity index is 1.34. The van der Waals surface area contributed by atoms with E-state index in [1.54, 1.807) is 0 Å². The van der Waals surface area contributed by atoms with Crippen molar-refractivity contribution < 1.29 is 37.5 Å². The molecule has 1 aliphatic heterocycles. The summed E-state index contributed by atoms with van der Waals surface area (Å²) in [4.78, 5) is 54.9. The molecule has 0 saturated carbocycles. The van der Waals surface area contributed by atoms with Crippen LogP contribution in [0.15, 0.2) is 136 Å².